The fourth-order valence-corrected chi connectivity index (χ4v) is 2.02. The van der Waals surface area contributed by atoms with E-state index in [1.807, 2.05) is 23.4 Å². The number of hydrogen-bond donors (Lipinski definition) is 1. The van der Waals surface area contributed by atoms with Crippen LogP contribution < -0.4 is 5.32 Å². The zero-order valence-electron chi connectivity index (χ0n) is 7.03. The van der Waals surface area contributed by atoms with Crippen LogP contribution in [0.4, 0.5) is 0 Å². The zero-order chi connectivity index (χ0) is 8.49. The molecule has 1 fully saturated rings. The van der Waals surface area contributed by atoms with Gasteiger partial charge >= 0.3 is 0 Å². The summed E-state index contributed by atoms with van der Waals surface area (Å²) in [4.78, 5) is 3.85. The van der Waals surface area contributed by atoms with Gasteiger partial charge in [-0.25, -0.2) is 0 Å². The van der Waals surface area contributed by atoms with Crippen molar-refractivity contribution in [3.63, 3.8) is 0 Å². The van der Waals surface area contributed by atoms with Gasteiger partial charge in [0.2, 0.25) is 0 Å². The molecule has 0 radical (unpaired) electrons. The summed E-state index contributed by atoms with van der Waals surface area (Å²) < 4.78 is 0. The second-order valence-electron chi connectivity index (χ2n) is 2.31. The van der Waals surface area contributed by atoms with Crippen LogP contribution in [0.3, 0.4) is 0 Å². The van der Waals surface area contributed by atoms with Crippen molar-refractivity contribution in [2.24, 2.45) is 4.99 Å². The summed E-state index contributed by atoms with van der Waals surface area (Å²) in [6, 6.07) is 0. The minimum Gasteiger partial charge on any atom is -0.315 e. The SMILES string of the molecule is C1=CSCC=N1.C1CSCCN1. The quantitative estimate of drug-likeness (QED) is 0.646. The predicted molar refractivity (Wildman–Crippen MR) is 60.3 cm³/mol. The molecule has 0 unspecified atom stereocenters. The Labute approximate surface area is 82.3 Å². The van der Waals surface area contributed by atoms with Crippen LogP contribution in [0.1, 0.15) is 0 Å². The van der Waals surface area contributed by atoms with E-state index < -0.39 is 0 Å². The Hall–Kier alpha value is 0.0700. The molecule has 1 saturated heterocycles. The van der Waals surface area contributed by atoms with E-state index in [-0.39, 0.29) is 0 Å². The smallest absolute Gasteiger partial charge is 0.0330 e. The van der Waals surface area contributed by atoms with Crippen LogP contribution in [-0.2, 0) is 0 Å². The Morgan fingerprint density at radius 1 is 1.25 bits per heavy atom. The van der Waals surface area contributed by atoms with E-state index in [1.165, 1.54) is 24.6 Å². The summed E-state index contributed by atoms with van der Waals surface area (Å²) in [7, 11) is 0. The maximum absolute atomic E-state index is 3.85. The summed E-state index contributed by atoms with van der Waals surface area (Å²) in [6.07, 6.45) is 3.69. The molecule has 0 amide bonds. The normalized spacial score (nSPS) is 21.3. The van der Waals surface area contributed by atoms with E-state index in [0.29, 0.717) is 0 Å². The average molecular weight is 202 g/mol. The first kappa shape index (κ1) is 10.2. The largest absolute Gasteiger partial charge is 0.315 e. The number of hydrogen-bond acceptors (Lipinski definition) is 4. The van der Waals surface area contributed by atoms with Gasteiger partial charge in [0.25, 0.3) is 0 Å². The van der Waals surface area contributed by atoms with Crippen LogP contribution in [0.2, 0.25) is 0 Å². The molecule has 4 heteroatoms. The molecular weight excluding hydrogens is 188 g/mol. The standard InChI is InChI=1S/C4H9NS.C4H5NS/c2*1-3-6-4-2-5-1/h5H,1-4H2;1-3H,4H2. The first-order valence-corrected chi connectivity index (χ1v) is 6.27. The molecule has 2 rings (SSSR count). The van der Waals surface area contributed by atoms with E-state index >= 15 is 0 Å². The molecule has 0 aromatic carbocycles. The summed E-state index contributed by atoms with van der Waals surface area (Å²) >= 11 is 3.80. The minimum absolute atomic E-state index is 1.04. The van der Waals surface area contributed by atoms with Crippen molar-refractivity contribution in [2.45, 2.75) is 0 Å². The first-order valence-electron chi connectivity index (χ1n) is 4.07. The Kier molecular flexibility index (Phi) is 6.52. The third-order valence-electron chi connectivity index (χ3n) is 1.37. The fourth-order valence-electron chi connectivity index (χ4n) is 0.796. The molecule has 0 bridgehead atoms. The molecule has 0 aromatic rings. The van der Waals surface area contributed by atoms with Gasteiger partial charge in [0.05, 0.1) is 0 Å². The van der Waals surface area contributed by atoms with E-state index in [4.69, 9.17) is 0 Å². The average Bonchev–Trinajstić information content (AvgIpc) is 2.24. The number of aliphatic imine (C=N–C) groups is 1. The van der Waals surface area contributed by atoms with Crippen LogP contribution in [0, 0.1) is 0 Å². The van der Waals surface area contributed by atoms with Gasteiger partial charge in [-0.2, -0.15) is 11.8 Å². The molecule has 2 nitrogen and oxygen atoms in total. The summed E-state index contributed by atoms with van der Waals surface area (Å²) in [5, 5.41) is 5.25. The van der Waals surface area contributed by atoms with Crippen molar-refractivity contribution < 1.29 is 0 Å². The molecule has 0 atom stereocenters. The predicted octanol–water partition coefficient (Wildman–Crippen LogP) is 1.60. The molecule has 0 aliphatic carbocycles. The topological polar surface area (TPSA) is 24.4 Å². The van der Waals surface area contributed by atoms with Crippen molar-refractivity contribution in [2.75, 3.05) is 30.3 Å². The van der Waals surface area contributed by atoms with Gasteiger partial charge < -0.3 is 5.32 Å². The highest BCUT2D eigenvalue weighted by atomic mass is 32.2. The number of nitrogens with one attached hydrogen (secondary N) is 1. The van der Waals surface area contributed by atoms with Gasteiger partial charge in [0.15, 0.2) is 0 Å². The van der Waals surface area contributed by atoms with E-state index in [2.05, 4.69) is 10.3 Å². The lowest BCUT2D eigenvalue weighted by Gasteiger charge is -2.08. The van der Waals surface area contributed by atoms with Gasteiger partial charge in [-0.1, -0.05) is 0 Å². The molecule has 0 saturated carbocycles. The van der Waals surface area contributed by atoms with Crippen LogP contribution >= 0.6 is 23.5 Å². The van der Waals surface area contributed by atoms with Crippen LogP contribution in [0.5, 0.6) is 0 Å². The van der Waals surface area contributed by atoms with Gasteiger partial charge in [0, 0.05) is 42.8 Å². The zero-order valence-corrected chi connectivity index (χ0v) is 8.66. The summed E-state index contributed by atoms with van der Waals surface area (Å²) in [5.74, 6) is 3.65. The minimum atomic E-state index is 1.04. The van der Waals surface area contributed by atoms with Gasteiger partial charge in [-0.3, -0.25) is 4.99 Å². The van der Waals surface area contributed by atoms with Gasteiger partial charge in [-0.15, -0.1) is 11.8 Å². The molecule has 2 aliphatic heterocycles. The Balaban J connectivity index is 0.000000120. The Bertz CT molecular complexity index is 130. The molecule has 12 heavy (non-hydrogen) atoms. The Morgan fingerprint density at radius 3 is 2.25 bits per heavy atom. The monoisotopic (exact) mass is 202 g/mol. The number of thioether (sulfide) groups is 2. The molecule has 68 valence electrons. The highest BCUT2D eigenvalue weighted by molar-refractivity contribution is 8.02. The van der Waals surface area contributed by atoms with Crippen molar-refractivity contribution in [1.82, 2.24) is 5.32 Å². The maximum Gasteiger partial charge on any atom is 0.0330 e. The number of rotatable bonds is 0. The second kappa shape index (κ2) is 7.71. The van der Waals surface area contributed by atoms with Crippen LogP contribution in [0.15, 0.2) is 16.6 Å². The highest BCUT2D eigenvalue weighted by Crippen LogP contribution is 2.02. The van der Waals surface area contributed by atoms with Crippen LogP contribution in [-0.4, -0.2) is 36.6 Å². The third-order valence-corrected chi connectivity index (χ3v) is 3.01. The van der Waals surface area contributed by atoms with Crippen molar-refractivity contribution in [1.29, 1.82) is 0 Å². The van der Waals surface area contributed by atoms with Crippen molar-refractivity contribution >= 4 is 29.7 Å². The molecule has 0 aromatic heterocycles. The van der Waals surface area contributed by atoms with Crippen molar-refractivity contribution in [3.8, 4) is 0 Å². The second-order valence-corrected chi connectivity index (χ2v) is 4.48. The lowest BCUT2D eigenvalue weighted by molar-refractivity contribution is 0.756. The number of nitrogens with zero attached hydrogens (tertiary/aromatic N) is 1. The molecule has 0 spiro atoms. The van der Waals surface area contributed by atoms with E-state index in [9.17, 15) is 0 Å². The molecule has 2 heterocycles. The molecule has 2 aliphatic rings. The first-order chi connectivity index (χ1) is 6.00. The van der Waals surface area contributed by atoms with Gasteiger partial charge in [0.1, 0.15) is 0 Å². The lowest BCUT2D eigenvalue weighted by Crippen LogP contribution is -2.24. The summed E-state index contributed by atoms with van der Waals surface area (Å²) in [6.45, 7) is 2.43. The highest BCUT2D eigenvalue weighted by Gasteiger charge is 1.93. The van der Waals surface area contributed by atoms with Gasteiger partial charge in [-0.05, 0) is 5.41 Å². The van der Waals surface area contributed by atoms with Crippen LogP contribution in [0.25, 0.3) is 0 Å². The molecular formula is C8H14N2S2. The summed E-state index contributed by atoms with van der Waals surface area (Å²) in [5.41, 5.74) is 0. The fraction of sp³-hybridized carbons (Fsp3) is 0.625. The third kappa shape index (κ3) is 5.69. The Morgan fingerprint density at radius 2 is 2.08 bits per heavy atom. The van der Waals surface area contributed by atoms with Crippen molar-refractivity contribution in [3.05, 3.63) is 11.6 Å². The molecule has 1 N–H and O–H groups in total. The lowest BCUT2D eigenvalue weighted by atomic mass is 10.6. The van der Waals surface area contributed by atoms with E-state index in [1.54, 1.807) is 18.0 Å². The van der Waals surface area contributed by atoms with E-state index in [0.717, 1.165) is 5.75 Å². The maximum atomic E-state index is 3.85.